The number of esters is 1. The molecule has 0 atom stereocenters. The Balaban J connectivity index is 2.10. The van der Waals surface area contributed by atoms with Gasteiger partial charge in [0.1, 0.15) is 6.61 Å². The lowest BCUT2D eigenvalue weighted by Gasteiger charge is -2.12. The Morgan fingerprint density at radius 3 is 2.29 bits per heavy atom. The minimum Gasteiger partial charge on any atom is -0.461 e. The molecular formula is C19H18O2. The Kier molecular flexibility index (Phi) is 3.61. The summed E-state index contributed by atoms with van der Waals surface area (Å²) in [7, 11) is 0. The Morgan fingerprint density at radius 2 is 1.57 bits per heavy atom. The van der Waals surface area contributed by atoms with Crippen molar-refractivity contribution in [3.8, 4) is 0 Å². The topological polar surface area (TPSA) is 26.3 Å². The van der Waals surface area contributed by atoms with Gasteiger partial charge in [-0.1, -0.05) is 62.4 Å². The van der Waals surface area contributed by atoms with Crippen molar-refractivity contribution >= 4 is 27.5 Å². The molecule has 2 nitrogen and oxygen atoms in total. The third-order valence-electron chi connectivity index (χ3n) is 3.70. The van der Waals surface area contributed by atoms with Gasteiger partial charge < -0.3 is 4.74 Å². The van der Waals surface area contributed by atoms with E-state index >= 15 is 0 Å². The Labute approximate surface area is 124 Å². The van der Waals surface area contributed by atoms with Crippen LogP contribution in [0.3, 0.4) is 0 Å². The fourth-order valence-electron chi connectivity index (χ4n) is 2.57. The zero-order valence-electron chi connectivity index (χ0n) is 12.3. The lowest BCUT2D eigenvalue weighted by molar-refractivity contribution is -0.148. The molecule has 0 N–H and O–H groups in total. The van der Waals surface area contributed by atoms with Gasteiger partial charge in [-0.25, -0.2) is 0 Å². The highest BCUT2D eigenvalue weighted by Gasteiger charge is 2.11. The summed E-state index contributed by atoms with van der Waals surface area (Å²) in [6.45, 7) is 4.02. The van der Waals surface area contributed by atoms with Crippen LogP contribution in [-0.4, -0.2) is 5.97 Å². The zero-order valence-corrected chi connectivity index (χ0v) is 12.3. The molecule has 0 heterocycles. The monoisotopic (exact) mass is 278 g/mol. The van der Waals surface area contributed by atoms with Crippen LogP contribution in [0.25, 0.3) is 21.5 Å². The fourth-order valence-corrected chi connectivity index (χ4v) is 2.57. The van der Waals surface area contributed by atoms with Crippen LogP contribution >= 0.6 is 0 Å². The number of benzene rings is 3. The molecule has 0 spiro atoms. The molecule has 2 heteroatoms. The van der Waals surface area contributed by atoms with Crippen molar-refractivity contribution in [1.29, 1.82) is 0 Å². The summed E-state index contributed by atoms with van der Waals surface area (Å²) in [6, 6.07) is 18.7. The maximum absolute atomic E-state index is 11.7. The summed E-state index contributed by atoms with van der Waals surface area (Å²) in [5, 5.41) is 4.75. The number of ether oxygens (including phenoxy) is 1. The molecule has 0 bridgehead atoms. The van der Waals surface area contributed by atoms with Crippen LogP contribution in [0.15, 0.2) is 54.6 Å². The van der Waals surface area contributed by atoms with Crippen molar-refractivity contribution in [2.75, 3.05) is 0 Å². The third kappa shape index (κ3) is 2.62. The minimum atomic E-state index is -0.160. The van der Waals surface area contributed by atoms with Gasteiger partial charge >= 0.3 is 5.97 Å². The molecule has 106 valence electrons. The van der Waals surface area contributed by atoms with Crippen molar-refractivity contribution in [1.82, 2.24) is 0 Å². The Bertz CT molecular complexity index is 803. The standard InChI is InChI=1S/C19H18O2/c1-13(2)19(20)21-12-15-11-14-7-3-4-8-16(14)18-10-6-5-9-17(15)18/h3-11,13H,12H2,1-2H3. The molecule has 0 saturated carbocycles. The highest BCUT2D eigenvalue weighted by Crippen LogP contribution is 2.29. The normalized spacial score (nSPS) is 11.2. The van der Waals surface area contributed by atoms with Gasteiger partial charge in [0.15, 0.2) is 0 Å². The average Bonchev–Trinajstić information content (AvgIpc) is 2.52. The van der Waals surface area contributed by atoms with Crippen molar-refractivity contribution in [3.63, 3.8) is 0 Å². The number of hydrogen-bond acceptors (Lipinski definition) is 2. The molecule has 0 aliphatic carbocycles. The van der Waals surface area contributed by atoms with Crippen molar-refractivity contribution in [2.24, 2.45) is 5.92 Å². The van der Waals surface area contributed by atoms with Crippen LogP contribution in [0, 0.1) is 5.92 Å². The van der Waals surface area contributed by atoms with Crippen LogP contribution in [0.4, 0.5) is 0 Å². The van der Waals surface area contributed by atoms with E-state index in [1.807, 2.05) is 38.1 Å². The summed E-state index contributed by atoms with van der Waals surface area (Å²) in [6.07, 6.45) is 0. The zero-order chi connectivity index (χ0) is 14.8. The molecule has 3 aromatic rings. The average molecular weight is 278 g/mol. The van der Waals surface area contributed by atoms with Crippen molar-refractivity contribution in [3.05, 3.63) is 60.2 Å². The summed E-state index contributed by atoms with van der Waals surface area (Å²) in [5.41, 5.74) is 1.05. The molecule has 0 radical (unpaired) electrons. The largest absolute Gasteiger partial charge is 0.461 e. The second-order valence-electron chi connectivity index (χ2n) is 5.56. The predicted molar refractivity (Wildman–Crippen MR) is 86.1 cm³/mol. The van der Waals surface area contributed by atoms with Crippen LogP contribution < -0.4 is 0 Å². The Morgan fingerprint density at radius 1 is 0.952 bits per heavy atom. The van der Waals surface area contributed by atoms with E-state index in [9.17, 15) is 4.79 Å². The summed E-state index contributed by atoms with van der Waals surface area (Å²) in [4.78, 5) is 11.7. The lowest BCUT2D eigenvalue weighted by Crippen LogP contribution is -2.11. The number of carbonyl (C=O) groups is 1. The fraction of sp³-hybridized carbons (Fsp3) is 0.211. The van der Waals surface area contributed by atoms with Gasteiger partial charge in [0.2, 0.25) is 0 Å². The van der Waals surface area contributed by atoms with Crippen LogP contribution in [0.5, 0.6) is 0 Å². The summed E-state index contributed by atoms with van der Waals surface area (Å²) >= 11 is 0. The molecule has 0 unspecified atom stereocenters. The molecule has 0 saturated heterocycles. The quantitative estimate of drug-likeness (QED) is 0.513. The molecule has 21 heavy (non-hydrogen) atoms. The number of carbonyl (C=O) groups excluding carboxylic acids is 1. The molecule has 0 aliphatic rings. The molecule has 3 rings (SSSR count). The molecule has 0 amide bonds. The van der Waals surface area contributed by atoms with Crippen molar-refractivity contribution < 1.29 is 9.53 Å². The van der Waals surface area contributed by atoms with E-state index in [0.717, 1.165) is 10.9 Å². The van der Waals surface area contributed by atoms with E-state index in [1.165, 1.54) is 16.2 Å². The van der Waals surface area contributed by atoms with E-state index in [4.69, 9.17) is 4.74 Å². The van der Waals surface area contributed by atoms with Crippen LogP contribution in [0.1, 0.15) is 19.4 Å². The van der Waals surface area contributed by atoms with Gasteiger partial charge in [0.05, 0.1) is 5.92 Å². The first-order valence-corrected chi connectivity index (χ1v) is 7.23. The van der Waals surface area contributed by atoms with E-state index in [1.54, 1.807) is 0 Å². The van der Waals surface area contributed by atoms with Gasteiger partial charge in [0, 0.05) is 0 Å². The van der Waals surface area contributed by atoms with Crippen molar-refractivity contribution in [2.45, 2.75) is 20.5 Å². The minimum absolute atomic E-state index is 0.100. The van der Waals surface area contributed by atoms with E-state index in [0.29, 0.717) is 6.61 Å². The maximum atomic E-state index is 11.7. The third-order valence-corrected chi connectivity index (χ3v) is 3.70. The number of rotatable bonds is 3. The lowest BCUT2D eigenvalue weighted by atomic mass is 9.97. The molecule has 0 fully saturated rings. The van der Waals surface area contributed by atoms with Crippen LogP contribution in [0.2, 0.25) is 0 Å². The summed E-state index contributed by atoms with van der Waals surface area (Å²) < 4.78 is 5.41. The second-order valence-corrected chi connectivity index (χ2v) is 5.56. The van der Waals surface area contributed by atoms with Gasteiger partial charge in [-0.05, 0) is 33.2 Å². The van der Waals surface area contributed by atoms with Crippen LogP contribution in [-0.2, 0) is 16.1 Å². The van der Waals surface area contributed by atoms with Gasteiger partial charge in [-0.15, -0.1) is 0 Å². The van der Waals surface area contributed by atoms with Gasteiger partial charge in [-0.3, -0.25) is 4.79 Å². The van der Waals surface area contributed by atoms with E-state index in [-0.39, 0.29) is 11.9 Å². The first kappa shape index (κ1) is 13.6. The number of fused-ring (bicyclic) bond motifs is 3. The highest BCUT2D eigenvalue weighted by molar-refractivity contribution is 6.08. The molecule has 3 aromatic carbocycles. The molecule has 0 aliphatic heterocycles. The Hall–Kier alpha value is -2.35. The molecule has 0 aromatic heterocycles. The first-order chi connectivity index (χ1) is 10.2. The number of hydrogen-bond donors (Lipinski definition) is 0. The van der Waals surface area contributed by atoms with Gasteiger partial charge in [0.25, 0.3) is 0 Å². The second kappa shape index (κ2) is 5.57. The first-order valence-electron chi connectivity index (χ1n) is 7.23. The van der Waals surface area contributed by atoms with Gasteiger partial charge in [-0.2, -0.15) is 0 Å². The smallest absolute Gasteiger partial charge is 0.308 e. The predicted octanol–water partition coefficient (Wildman–Crippen LogP) is 4.69. The SMILES string of the molecule is CC(C)C(=O)OCc1cc2ccccc2c2ccccc12. The van der Waals surface area contributed by atoms with E-state index < -0.39 is 0 Å². The highest BCUT2D eigenvalue weighted by atomic mass is 16.5. The summed E-state index contributed by atoms with van der Waals surface area (Å²) in [5.74, 6) is -0.260. The maximum Gasteiger partial charge on any atom is 0.308 e. The van der Waals surface area contributed by atoms with E-state index in [2.05, 4.69) is 30.3 Å². The molecular weight excluding hydrogens is 260 g/mol.